The molecule has 0 aromatic heterocycles. The van der Waals surface area contributed by atoms with Gasteiger partial charge in [0.25, 0.3) is 0 Å². The van der Waals surface area contributed by atoms with Gasteiger partial charge in [-0.1, -0.05) is 42.0 Å². The van der Waals surface area contributed by atoms with E-state index in [1.165, 1.54) is 11.1 Å². The Hall–Kier alpha value is -1.12. The maximum absolute atomic E-state index is 8.65. The lowest BCUT2D eigenvalue weighted by molar-refractivity contribution is 0.123. The summed E-state index contributed by atoms with van der Waals surface area (Å²) >= 11 is 0. The van der Waals surface area contributed by atoms with Crippen molar-refractivity contribution >= 4 is 0 Å². The van der Waals surface area contributed by atoms with Crippen LogP contribution in [0.4, 0.5) is 0 Å². The van der Waals surface area contributed by atoms with E-state index in [1.807, 2.05) is 31.2 Å². The van der Waals surface area contributed by atoms with Gasteiger partial charge in [-0.15, -0.1) is 0 Å². The third-order valence-electron chi connectivity index (χ3n) is 2.19. The summed E-state index contributed by atoms with van der Waals surface area (Å²) < 4.78 is 5.51. The number of hydrogen-bond donors (Lipinski definition) is 1. The molecule has 82 valence electrons. The lowest BCUT2D eigenvalue weighted by atomic mass is 10.2. The molecule has 0 saturated carbocycles. The van der Waals surface area contributed by atoms with Gasteiger partial charge in [0.1, 0.15) is 0 Å². The second-order valence-corrected chi connectivity index (χ2v) is 3.52. The fraction of sp³-hybridized carbons (Fsp3) is 0.385. The first-order valence-corrected chi connectivity index (χ1v) is 5.21. The molecule has 0 atom stereocenters. The Bertz CT molecular complexity index is 291. The third-order valence-corrected chi connectivity index (χ3v) is 2.19. The summed E-state index contributed by atoms with van der Waals surface area (Å²) in [6.45, 7) is 3.48. The molecule has 0 unspecified atom stereocenters. The molecule has 0 heterocycles. The quantitative estimate of drug-likeness (QED) is 0.572. The predicted octanol–water partition coefficient (Wildman–Crippen LogP) is 2.53. The van der Waals surface area contributed by atoms with Crippen LogP contribution in [0.5, 0.6) is 0 Å². The van der Waals surface area contributed by atoms with E-state index in [0.29, 0.717) is 13.2 Å². The predicted molar refractivity (Wildman–Crippen MR) is 61.6 cm³/mol. The van der Waals surface area contributed by atoms with E-state index < -0.39 is 0 Å². The SMILES string of the molecule is C/C(=C\CO)CCOCc1ccccc1. The van der Waals surface area contributed by atoms with E-state index in [-0.39, 0.29) is 6.61 Å². The highest BCUT2D eigenvalue weighted by molar-refractivity contribution is 5.13. The average molecular weight is 206 g/mol. The molecule has 0 fully saturated rings. The van der Waals surface area contributed by atoms with Crippen molar-refractivity contribution < 1.29 is 9.84 Å². The van der Waals surface area contributed by atoms with Crippen molar-refractivity contribution in [3.8, 4) is 0 Å². The summed E-state index contributed by atoms with van der Waals surface area (Å²) in [6, 6.07) is 10.1. The highest BCUT2D eigenvalue weighted by atomic mass is 16.5. The van der Waals surface area contributed by atoms with Crippen LogP contribution in [0, 0.1) is 0 Å². The second-order valence-electron chi connectivity index (χ2n) is 3.52. The molecule has 0 aliphatic rings. The molecule has 0 spiro atoms. The highest BCUT2D eigenvalue weighted by Crippen LogP contribution is 2.03. The summed E-state index contributed by atoms with van der Waals surface area (Å²) in [4.78, 5) is 0. The monoisotopic (exact) mass is 206 g/mol. The minimum atomic E-state index is 0.116. The van der Waals surface area contributed by atoms with E-state index in [4.69, 9.17) is 9.84 Å². The highest BCUT2D eigenvalue weighted by Gasteiger charge is 1.93. The first kappa shape index (κ1) is 12.0. The minimum Gasteiger partial charge on any atom is -0.392 e. The first-order valence-electron chi connectivity index (χ1n) is 5.21. The van der Waals surface area contributed by atoms with E-state index in [0.717, 1.165) is 6.42 Å². The molecular formula is C13H18O2. The molecule has 1 aromatic rings. The van der Waals surface area contributed by atoms with Crippen LogP contribution in [0.3, 0.4) is 0 Å². The van der Waals surface area contributed by atoms with Crippen LogP contribution in [0.15, 0.2) is 42.0 Å². The Morgan fingerprint density at radius 3 is 2.73 bits per heavy atom. The van der Waals surface area contributed by atoms with Crippen molar-refractivity contribution in [2.75, 3.05) is 13.2 Å². The van der Waals surface area contributed by atoms with E-state index in [2.05, 4.69) is 12.1 Å². The molecule has 15 heavy (non-hydrogen) atoms. The standard InChI is InChI=1S/C13H18O2/c1-12(7-9-14)8-10-15-11-13-5-3-2-4-6-13/h2-7,14H,8-11H2,1H3/b12-7+. The Morgan fingerprint density at radius 2 is 2.07 bits per heavy atom. The zero-order valence-corrected chi connectivity index (χ0v) is 9.15. The van der Waals surface area contributed by atoms with E-state index >= 15 is 0 Å². The number of rotatable bonds is 6. The van der Waals surface area contributed by atoms with Crippen LogP contribution in [0.25, 0.3) is 0 Å². The van der Waals surface area contributed by atoms with Gasteiger partial charge in [0.15, 0.2) is 0 Å². The van der Waals surface area contributed by atoms with Crippen LogP contribution in [-0.4, -0.2) is 18.3 Å². The molecule has 1 N–H and O–H groups in total. The molecule has 0 amide bonds. The summed E-state index contributed by atoms with van der Waals surface area (Å²) in [5.74, 6) is 0. The lowest BCUT2D eigenvalue weighted by Gasteiger charge is -2.04. The number of aliphatic hydroxyl groups is 1. The molecule has 0 saturated heterocycles. The van der Waals surface area contributed by atoms with Gasteiger partial charge in [0, 0.05) is 0 Å². The van der Waals surface area contributed by atoms with Crippen molar-refractivity contribution in [2.24, 2.45) is 0 Å². The largest absolute Gasteiger partial charge is 0.392 e. The molecule has 0 aliphatic heterocycles. The van der Waals surface area contributed by atoms with Crippen LogP contribution in [0.2, 0.25) is 0 Å². The Morgan fingerprint density at radius 1 is 1.33 bits per heavy atom. The lowest BCUT2D eigenvalue weighted by Crippen LogP contribution is -1.96. The van der Waals surface area contributed by atoms with Gasteiger partial charge in [0.05, 0.1) is 19.8 Å². The fourth-order valence-electron chi connectivity index (χ4n) is 1.26. The van der Waals surface area contributed by atoms with Gasteiger partial charge in [0.2, 0.25) is 0 Å². The number of aliphatic hydroxyl groups excluding tert-OH is 1. The fourth-order valence-corrected chi connectivity index (χ4v) is 1.26. The van der Waals surface area contributed by atoms with Gasteiger partial charge in [-0.05, 0) is 18.9 Å². The normalized spacial score (nSPS) is 11.7. The van der Waals surface area contributed by atoms with Crippen LogP contribution >= 0.6 is 0 Å². The van der Waals surface area contributed by atoms with Crippen LogP contribution in [0.1, 0.15) is 18.9 Å². The number of benzene rings is 1. The molecule has 2 heteroatoms. The molecule has 0 aliphatic carbocycles. The molecular weight excluding hydrogens is 188 g/mol. The van der Waals surface area contributed by atoms with Gasteiger partial charge >= 0.3 is 0 Å². The van der Waals surface area contributed by atoms with E-state index in [1.54, 1.807) is 0 Å². The molecule has 1 aromatic carbocycles. The Kier molecular flexibility index (Phi) is 5.74. The van der Waals surface area contributed by atoms with Crippen molar-refractivity contribution in [3.05, 3.63) is 47.5 Å². The van der Waals surface area contributed by atoms with Crippen molar-refractivity contribution in [1.82, 2.24) is 0 Å². The van der Waals surface area contributed by atoms with Gasteiger partial charge in [-0.25, -0.2) is 0 Å². The van der Waals surface area contributed by atoms with E-state index in [9.17, 15) is 0 Å². The van der Waals surface area contributed by atoms with Crippen LogP contribution < -0.4 is 0 Å². The maximum atomic E-state index is 8.65. The third kappa shape index (κ3) is 5.35. The minimum absolute atomic E-state index is 0.116. The van der Waals surface area contributed by atoms with Crippen LogP contribution in [-0.2, 0) is 11.3 Å². The van der Waals surface area contributed by atoms with Crippen molar-refractivity contribution in [1.29, 1.82) is 0 Å². The van der Waals surface area contributed by atoms with Gasteiger partial charge < -0.3 is 9.84 Å². The number of ether oxygens (including phenoxy) is 1. The zero-order chi connectivity index (χ0) is 10.9. The summed E-state index contributed by atoms with van der Waals surface area (Å²) in [7, 11) is 0. The maximum Gasteiger partial charge on any atom is 0.0717 e. The van der Waals surface area contributed by atoms with Crippen molar-refractivity contribution in [2.45, 2.75) is 20.0 Å². The first-order chi connectivity index (χ1) is 7.33. The van der Waals surface area contributed by atoms with Gasteiger partial charge in [-0.3, -0.25) is 0 Å². The average Bonchev–Trinajstić information content (AvgIpc) is 2.26. The summed E-state index contributed by atoms with van der Waals surface area (Å²) in [5.41, 5.74) is 2.37. The molecule has 2 nitrogen and oxygen atoms in total. The Labute approximate surface area is 91.2 Å². The number of hydrogen-bond acceptors (Lipinski definition) is 2. The summed E-state index contributed by atoms with van der Waals surface area (Å²) in [5, 5.41) is 8.65. The van der Waals surface area contributed by atoms with Gasteiger partial charge in [-0.2, -0.15) is 0 Å². The topological polar surface area (TPSA) is 29.5 Å². The molecule has 0 radical (unpaired) electrons. The molecule has 1 rings (SSSR count). The smallest absolute Gasteiger partial charge is 0.0717 e. The Balaban J connectivity index is 2.15. The summed E-state index contributed by atoms with van der Waals surface area (Å²) in [6.07, 6.45) is 2.69. The second kappa shape index (κ2) is 7.21. The zero-order valence-electron chi connectivity index (χ0n) is 9.15. The van der Waals surface area contributed by atoms with Crippen molar-refractivity contribution in [3.63, 3.8) is 0 Å². The molecule has 0 bridgehead atoms.